The summed E-state index contributed by atoms with van der Waals surface area (Å²) < 4.78 is 61.2. The van der Waals surface area contributed by atoms with Crippen molar-refractivity contribution in [2.45, 2.75) is 24.8 Å². The molecule has 4 rings (SSSR count). The molecular weight excluding hydrogens is 474 g/mol. The average Bonchev–Trinajstić information content (AvgIpc) is 3.39. The summed E-state index contributed by atoms with van der Waals surface area (Å²) in [4.78, 5) is 3.92. The van der Waals surface area contributed by atoms with Crippen LogP contribution in [-0.4, -0.2) is 40.4 Å². The van der Waals surface area contributed by atoms with Crippen molar-refractivity contribution in [1.82, 2.24) is 14.8 Å². The van der Waals surface area contributed by atoms with E-state index in [0.29, 0.717) is 15.6 Å². The first-order valence-electron chi connectivity index (χ1n) is 9.31. The van der Waals surface area contributed by atoms with Crippen LogP contribution in [0.4, 0.5) is 13.2 Å². The predicted molar refractivity (Wildman–Crippen MR) is 108 cm³/mol. The van der Waals surface area contributed by atoms with Crippen LogP contribution in [0.15, 0.2) is 55.1 Å². The highest BCUT2D eigenvalue weighted by atomic mass is 35.5. The summed E-state index contributed by atoms with van der Waals surface area (Å²) in [6.45, 7) is 0.172. The van der Waals surface area contributed by atoms with Crippen LogP contribution < -0.4 is 9.47 Å². The molecule has 2 atom stereocenters. The number of rotatable bonds is 7. The molecule has 0 N–H and O–H groups in total. The minimum absolute atomic E-state index is 0.0725. The zero-order valence-corrected chi connectivity index (χ0v) is 17.8. The third kappa shape index (κ3) is 5.26. The fourth-order valence-corrected chi connectivity index (χ4v) is 3.49. The second-order valence-electron chi connectivity index (χ2n) is 6.83. The number of ether oxygens (including phenoxy) is 4. The molecule has 0 saturated carbocycles. The zero-order valence-electron chi connectivity index (χ0n) is 16.3. The first-order chi connectivity index (χ1) is 15.2. The maximum absolute atomic E-state index is 12.6. The maximum Gasteiger partial charge on any atom is 0.573 e. The van der Waals surface area contributed by atoms with E-state index in [0.717, 1.165) is 0 Å². The molecule has 2 aromatic carbocycles. The standard InChI is InChI=1S/C20H16Cl2F3N3O4/c21-15-6-5-13(7-16(15)22)19(10-28-12-26-11-27-28)30-9-14(31-19)8-29-17-3-1-2-4-18(17)32-20(23,24)25/h1-7,11-12,14H,8-10H2. The van der Waals surface area contributed by atoms with E-state index < -0.39 is 24.0 Å². The summed E-state index contributed by atoms with van der Waals surface area (Å²) >= 11 is 12.2. The number of aromatic nitrogens is 3. The van der Waals surface area contributed by atoms with Gasteiger partial charge in [0.05, 0.1) is 16.7 Å². The Morgan fingerprint density at radius 1 is 1.12 bits per heavy atom. The first-order valence-corrected chi connectivity index (χ1v) is 10.1. The summed E-state index contributed by atoms with van der Waals surface area (Å²) in [6, 6.07) is 10.4. The van der Waals surface area contributed by atoms with Crippen molar-refractivity contribution in [2.24, 2.45) is 0 Å². The Morgan fingerprint density at radius 3 is 2.59 bits per heavy atom. The van der Waals surface area contributed by atoms with E-state index in [4.69, 9.17) is 37.4 Å². The summed E-state index contributed by atoms with van der Waals surface area (Å²) in [5, 5.41) is 4.77. The SMILES string of the molecule is FC(F)(F)Oc1ccccc1OCC1COC(Cn2cncn2)(c2ccc(Cl)c(Cl)c2)O1. The van der Waals surface area contributed by atoms with Crippen LogP contribution in [0.5, 0.6) is 11.5 Å². The third-order valence-corrected chi connectivity index (χ3v) is 5.29. The Balaban J connectivity index is 1.51. The van der Waals surface area contributed by atoms with Crippen LogP contribution in [0, 0.1) is 0 Å². The summed E-state index contributed by atoms with van der Waals surface area (Å²) in [5.41, 5.74) is 0.589. The van der Waals surface area contributed by atoms with Crippen molar-refractivity contribution < 1.29 is 32.1 Å². The van der Waals surface area contributed by atoms with Gasteiger partial charge in [0, 0.05) is 5.56 Å². The molecule has 12 heteroatoms. The van der Waals surface area contributed by atoms with Crippen LogP contribution in [-0.2, 0) is 21.8 Å². The van der Waals surface area contributed by atoms with Gasteiger partial charge in [0.25, 0.3) is 0 Å². The number of benzene rings is 2. The number of nitrogens with zero attached hydrogens (tertiary/aromatic N) is 3. The topological polar surface area (TPSA) is 67.6 Å². The molecule has 1 aromatic heterocycles. The smallest absolute Gasteiger partial charge is 0.487 e. The fourth-order valence-electron chi connectivity index (χ4n) is 3.19. The maximum atomic E-state index is 12.6. The molecular formula is C20H16Cl2F3N3O4. The lowest BCUT2D eigenvalue weighted by molar-refractivity contribution is -0.275. The van der Waals surface area contributed by atoms with E-state index in [-0.39, 0.29) is 25.5 Å². The van der Waals surface area contributed by atoms with Crippen LogP contribution in [0.3, 0.4) is 0 Å². The van der Waals surface area contributed by atoms with E-state index in [1.807, 2.05) is 0 Å². The number of para-hydroxylation sites is 2. The van der Waals surface area contributed by atoms with Crippen molar-refractivity contribution in [1.29, 1.82) is 0 Å². The van der Waals surface area contributed by atoms with Crippen LogP contribution >= 0.6 is 23.2 Å². The normalized spacial score (nSPS) is 21.0. The van der Waals surface area contributed by atoms with Crippen molar-refractivity contribution in [3.05, 3.63) is 70.7 Å². The van der Waals surface area contributed by atoms with Gasteiger partial charge in [0.2, 0.25) is 5.79 Å². The van der Waals surface area contributed by atoms with Gasteiger partial charge in [-0.05, 0) is 24.3 Å². The molecule has 1 saturated heterocycles. The Labute approximate surface area is 190 Å². The summed E-state index contributed by atoms with van der Waals surface area (Å²) in [5.74, 6) is -1.80. The van der Waals surface area contributed by atoms with Gasteiger partial charge in [-0.1, -0.05) is 41.4 Å². The van der Waals surface area contributed by atoms with Gasteiger partial charge in [0.1, 0.15) is 31.9 Å². The van der Waals surface area contributed by atoms with E-state index in [9.17, 15) is 13.2 Å². The summed E-state index contributed by atoms with van der Waals surface area (Å²) in [6.07, 6.45) is -2.57. The molecule has 0 spiro atoms. The molecule has 32 heavy (non-hydrogen) atoms. The van der Waals surface area contributed by atoms with Crippen molar-refractivity contribution >= 4 is 23.2 Å². The second kappa shape index (κ2) is 9.14. The highest BCUT2D eigenvalue weighted by Gasteiger charge is 2.44. The molecule has 0 radical (unpaired) electrons. The molecule has 2 unspecified atom stereocenters. The number of hydrogen-bond acceptors (Lipinski definition) is 6. The van der Waals surface area contributed by atoms with Gasteiger partial charge in [-0.3, -0.25) is 0 Å². The monoisotopic (exact) mass is 489 g/mol. The van der Waals surface area contributed by atoms with Gasteiger partial charge < -0.3 is 18.9 Å². The lowest BCUT2D eigenvalue weighted by atomic mass is 10.1. The van der Waals surface area contributed by atoms with E-state index in [1.54, 1.807) is 18.2 Å². The highest BCUT2D eigenvalue weighted by molar-refractivity contribution is 6.42. The molecule has 3 aromatic rings. The second-order valence-corrected chi connectivity index (χ2v) is 7.65. The predicted octanol–water partition coefficient (Wildman–Crippen LogP) is 4.83. The van der Waals surface area contributed by atoms with E-state index in [2.05, 4.69) is 14.8 Å². The minimum Gasteiger partial charge on any atom is -0.487 e. The minimum atomic E-state index is -4.84. The van der Waals surface area contributed by atoms with Crippen LogP contribution in [0.1, 0.15) is 5.56 Å². The molecule has 0 amide bonds. The van der Waals surface area contributed by atoms with Crippen molar-refractivity contribution in [3.8, 4) is 11.5 Å². The summed E-state index contributed by atoms with van der Waals surface area (Å²) in [7, 11) is 0. The quantitative estimate of drug-likeness (QED) is 0.473. The lowest BCUT2D eigenvalue weighted by Gasteiger charge is -2.28. The molecule has 1 fully saturated rings. The van der Waals surface area contributed by atoms with Gasteiger partial charge in [-0.15, -0.1) is 13.2 Å². The van der Waals surface area contributed by atoms with E-state index in [1.165, 1.54) is 41.6 Å². The number of halogens is 5. The molecule has 1 aliphatic rings. The van der Waals surface area contributed by atoms with Gasteiger partial charge in [-0.25, -0.2) is 9.67 Å². The van der Waals surface area contributed by atoms with Crippen molar-refractivity contribution in [3.63, 3.8) is 0 Å². The number of hydrogen-bond donors (Lipinski definition) is 0. The Bertz CT molecular complexity index is 1070. The van der Waals surface area contributed by atoms with Crippen LogP contribution in [0.25, 0.3) is 0 Å². The Kier molecular flexibility index (Phi) is 6.47. The van der Waals surface area contributed by atoms with Gasteiger partial charge >= 0.3 is 6.36 Å². The molecule has 2 heterocycles. The average molecular weight is 490 g/mol. The van der Waals surface area contributed by atoms with Gasteiger partial charge in [0.15, 0.2) is 11.5 Å². The first kappa shape index (κ1) is 22.7. The molecule has 170 valence electrons. The third-order valence-electron chi connectivity index (χ3n) is 4.56. The number of alkyl halides is 3. The Hall–Kier alpha value is -2.53. The molecule has 0 bridgehead atoms. The largest absolute Gasteiger partial charge is 0.573 e. The highest BCUT2D eigenvalue weighted by Crippen LogP contribution is 2.39. The van der Waals surface area contributed by atoms with Gasteiger partial charge in [-0.2, -0.15) is 5.10 Å². The molecule has 0 aliphatic carbocycles. The fraction of sp³-hybridized carbons (Fsp3) is 0.300. The van der Waals surface area contributed by atoms with Crippen LogP contribution in [0.2, 0.25) is 10.0 Å². The Morgan fingerprint density at radius 2 is 1.91 bits per heavy atom. The van der Waals surface area contributed by atoms with E-state index >= 15 is 0 Å². The lowest BCUT2D eigenvalue weighted by Crippen LogP contribution is -2.34. The molecule has 7 nitrogen and oxygen atoms in total. The van der Waals surface area contributed by atoms with Crippen molar-refractivity contribution in [2.75, 3.05) is 13.2 Å². The molecule has 1 aliphatic heterocycles. The zero-order chi connectivity index (χ0) is 22.8.